The first-order valence-electron chi connectivity index (χ1n) is 2.70. The molecule has 0 saturated carbocycles. The van der Waals surface area contributed by atoms with Gasteiger partial charge in [-0.3, -0.25) is 4.98 Å². The Labute approximate surface area is 57.6 Å². The first-order valence-corrected chi connectivity index (χ1v) is 2.70. The summed E-state index contributed by atoms with van der Waals surface area (Å²) in [5, 5.41) is 5.43. The summed E-state index contributed by atoms with van der Waals surface area (Å²) < 4.78 is 0. The number of rotatable bonds is 2. The van der Waals surface area contributed by atoms with E-state index in [1.54, 1.807) is 24.4 Å². The monoisotopic (exact) mass is 135 g/mol. The molecule has 0 amide bonds. The van der Waals surface area contributed by atoms with Crippen LogP contribution in [0.4, 0.5) is 0 Å². The van der Waals surface area contributed by atoms with Crippen molar-refractivity contribution in [1.29, 1.82) is 0 Å². The Morgan fingerprint density at radius 3 is 3.00 bits per heavy atom. The molecule has 0 aliphatic carbocycles. The largest absolute Gasteiger partial charge is 0.255 e. The smallest absolute Gasteiger partial charge is 0.0832 e. The molecule has 0 aliphatic heterocycles. The maximum absolute atomic E-state index is 9.50. The van der Waals surface area contributed by atoms with Crippen LogP contribution in [0, 0.1) is 4.91 Å². The molecule has 4 nitrogen and oxygen atoms in total. The molecule has 1 rings (SSSR count). The highest BCUT2D eigenvalue weighted by Crippen LogP contribution is 1.87. The maximum Gasteiger partial charge on any atom is 0.0832 e. The Kier molecular flexibility index (Phi) is 2.25. The SMILES string of the molecule is O=NN=Cc1ccccn1. The predicted octanol–water partition coefficient (Wildman–Crippen LogP) is 1.18. The fourth-order valence-electron chi connectivity index (χ4n) is 0.535. The summed E-state index contributed by atoms with van der Waals surface area (Å²) in [4.78, 5) is 13.4. The number of hydrogen-bond donors (Lipinski definition) is 0. The van der Waals surface area contributed by atoms with Crippen molar-refractivity contribution >= 4 is 6.21 Å². The summed E-state index contributed by atoms with van der Waals surface area (Å²) in [6.45, 7) is 0. The molecule has 1 aromatic rings. The first-order chi connectivity index (χ1) is 4.93. The lowest BCUT2D eigenvalue weighted by Crippen LogP contribution is -1.82. The number of nitroso groups, excluding NO2 is 1. The molecule has 0 atom stereocenters. The summed E-state index contributed by atoms with van der Waals surface area (Å²) in [5.74, 6) is 0. The molecule has 0 spiro atoms. The molecular formula is C6H5N3O. The van der Waals surface area contributed by atoms with Crippen LogP contribution in [0.15, 0.2) is 34.8 Å². The average Bonchev–Trinajstić information content (AvgIpc) is 2.03. The third kappa shape index (κ3) is 1.74. The molecule has 4 heteroatoms. The van der Waals surface area contributed by atoms with Crippen molar-refractivity contribution in [3.05, 3.63) is 35.0 Å². The second-order valence-corrected chi connectivity index (χ2v) is 1.58. The van der Waals surface area contributed by atoms with E-state index in [2.05, 4.69) is 15.4 Å². The molecule has 0 fully saturated rings. The van der Waals surface area contributed by atoms with Crippen LogP contribution in [0.5, 0.6) is 0 Å². The summed E-state index contributed by atoms with van der Waals surface area (Å²) in [6.07, 6.45) is 2.92. The van der Waals surface area contributed by atoms with Crippen LogP contribution in [-0.2, 0) is 0 Å². The molecule has 50 valence electrons. The summed E-state index contributed by atoms with van der Waals surface area (Å²) in [6, 6.07) is 5.32. The molecule has 1 heterocycles. The Balaban J connectivity index is 2.76. The Bertz CT molecular complexity index is 232. The minimum Gasteiger partial charge on any atom is -0.255 e. The van der Waals surface area contributed by atoms with E-state index in [-0.39, 0.29) is 0 Å². The maximum atomic E-state index is 9.50. The predicted molar refractivity (Wildman–Crippen MR) is 37.6 cm³/mol. The Morgan fingerprint density at radius 1 is 1.50 bits per heavy atom. The van der Waals surface area contributed by atoms with Crippen molar-refractivity contribution < 1.29 is 0 Å². The molecule has 0 N–H and O–H groups in total. The molecular weight excluding hydrogens is 130 g/mol. The summed E-state index contributed by atoms with van der Waals surface area (Å²) in [7, 11) is 0. The minimum absolute atomic E-state index is 0.627. The zero-order valence-corrected chi connectivity index (χ0v) is 5.14. The van der Waals surface area contributed by atoms with Crippen molar-refractivity contribution in [3.8, 4) is 0 Å². The topological polar surface area (TPSA) is 54.7 Å². The van der Waals surface area contributed by atoms with Crippen LogP contribution in [0.3, 0.4) is 0 Å². The normalized spacial score (nSPS) is 10.0. The Hall–Kier alpha value is -1.58. The second kappa shape index (κ2) is 3.45. The molecule has 0 radical (unpaired) electrons. The molecule has 0 saturated heterocycles. The number of aromatic nitrogens is 1. The zero-order valence-electron chi connectivity index (χ0n) is 5.14. The van der Waals surface area contributed by atoms with Gasteiger partial charge >= 0.3 is 0 Å². The average molecular weight is 135 g/mol. The quantitative estimate of drug-likeness (QED) is 0.347. The fraction of sp³-hybridized carbons (Fsp3) is 0. The van der Waals surface area contributed by atoms with E-state index in [9.17, 15) is 4.91 Å². The van der Waals surface area contributed by atoms with Gasteiger partial charge in [-0.15, -0.1) is 10.0 Å². The fourth-order valence-corrected chi connectivity index (χ4v) is 0.535. The highest BCUT2D eigenvalue weighted by atomic mass is 16.3. The third-order valence-corrected chi connectivity index (χ3v) is 0.925. The van der Waals surface area contributed by atoms with Crippen molar-refractivity contribution in [1.82, 2.24) is 4.98 Å². The number of pyridine rings is 1. The van der Waals surface area contributed by atoms with E-state index >= 15 is 0 Å². The van der Waals surface area contributed by atoms with Gasteiger partial charge in [0.05, 0.1) is 17.2 Å². The minimum atomic E-state index is 0.627. The first kappa shape index (κ1) is 6.54. The second-order valence-electron chi connectivity index (χ2n) is 1.58. The van der Waals surface area contributed by atoms with Crippen molar-refractivity contribution in [2.45, 2.75) is 0 Å². The van der Waals surface area contributed by atoms with Gasteiger partial charge in [0, 0.05) is 6.20 Å². The van der Waals surface area contributed by atoms with Crippen LogP contribution < -0.4 is 0 Å². The van der Waals surface area contributed by atoms with Crippen molar-refractivity contribution in [2.24, 2.45) is 10.4 Å². The molecule has 0 unspecified atom stereocenters. The van der Waals surface area contributed by atoms with E-state index in [0.717, 1.165) is 0 Å². The van der Waals surface area contributed by atoms with Crippen LogP contribution in [0.2, 0.25) is 0 Å². The van der Waals surface area contributed by atoms with Gasteiger partial charge in [-0.25, -0.2) is 0 Å². The van der Waals surface area contributed by atoms with E-state index in [1.807, 2.05) is 0 Å². The van der Waals surface area contributed by atoms with E-state index in [4.69, 9.17) is 0 Å². The van der Waals surface area contributed by atoms with Crippen LogP contribution in [0.1, 0.15) is 5.69 Å². The number of nitrogens with zero attached hydrogens (tertiary/aromatic N) is 3. The van der Waals surface area contributed by atoms with E-state index in [0.29, 0.717) is 5.69 Å². The van der Waals surface area contributed by atoms with E-state index in [1.165, 1.54) is 6.21 Å². The lowest BCUT2D eigenvalue weighted by atomic mass is 10.4. The molecule has 10 heavy (non-hydrogen) atoms. The molecule has 0 aromatic carbocycles. The Morgan fingerprint density at radius 2 is 2.40 bits per heavy atom. The van der Waals surface area contributed by atoms with Gasteiger partial charge in [0.15, 0.2) is 0 Å². The van der Waals surface area contributed by atoms with Crippen LogP contribution in [-0.4, -0.2) is 11.2 Å². The highest BCUT2D eigenvalue weighted by molar-refractivity contribution is 5.76. The van der Waals surface area contributed by atoms with Crippen LogP contribution in [0.25, 0.3) is 0 Å². The van der Waals surface area contributed by atoms with Gasteiger partial charge in [-0.1, -0.05) is 6.07 Å². The highest BCUT2D eigenvalue weighted by Gasteiger charge is 1.82. The third-order valence-electron chi connectivity index (χ3n) is 0.925. The summed E-state index contributed by atoms with van der Waals surface area (Å²) >= 11 is 0. The molecule has 0 aliphatic rings. The van der Waals surface area contributed by atoms with Gasteiger partial charge in [0.1, 0.15) is 0 Å². The molecule has 0 bridgehead atoms. The molecule has 1 aromatic heterocycles. The van der Waals surface area contributed by atoms with Gasteiger partial charge < -0.3 is 0 Å². The lowest BCUT2D eigenvalue weighted by Gasteiger charge is -1.84. The standard InChI is InChI=1S/C6H5N3O/c10-9-8-5-6-3-1-2-4-7-6/h1-5H. The van der Waals surface area contributed by atoms with Gasteiger partial charge in [0.2, 0.25) is 0 Å². The van der Waals surface area contributed by atoms with Gasteiger partial charge in [-0.05, 0) is 12.1 Å². The van der Waals surface area contributed by atoms with Crippen molar-refractivity contribution in [2.75, 3.05) is 0 Å². The lowest BCUT2D eigenvalue weighted by molar-refractivity contribution is 1.21. The van der Waals surface area contributed by atoms with Crippen LogP contribution >= 0.6 is 0 Å². The summed E-state index contributed by atoms with van der Waals surface area (Å²) in [5.41, 5.74) is 0.627. The zero-order chi connectivity index (χ0) is 7.23. The van der Waals surface area contributed by atoms with Gasteiger partial charge in [-0.2, -0.15) is 0 Å². The van der Waals surface area contributed by atoms with Crippen molar-refractivity contribution in [3.63, 3.8) is 0 Å². The van der Waals surface area contributed by atoms with Gasteiger partial charge in [0.25, 0.3) is 0 Å². The van der Waals surface area contributed by atoms with E-state index < -0.39 is 0 Å². The number of hydrogen-bond acceptors (Lipinski definition) is 3.